The van der Waals surface area contributed by atoms with Crippen molar-refractivity contribution in [1.29, 1.82) is 0 Å². The third-order valence-corrected chi connectivity index (χ3v) is 6.15. The van der Waals surface area contributed by atoms with E-state index in [9.17, 15) is 0 Å². The number of amidine groups is 1. The molecule has 0 spiro atoms. The standard InChI is InChI=1S/C19H21N3S/c1-12-7-15(10-21-9-12)14-4-3-13-5-6-16-11-23-18(20)22-19(16,2)17(13)8-14/h3-4,7-10,16H,5-6,11H2,1-2H3,(H2,20,22). The van der Waals surface area contributed by atoms with Gasteiger partial charge >= 0.3 is 0 Å². The number of benzene rings is 1. The predicted molar refractivity (Wildman–Crippen MR) is 97.7 cm³/mol. The van der Waals surface area contributed by atoms with Crippen LogP contribution >= 0.6 is 11.8 Å². The first-order valence-electron chi connectivity index (χ1n) is 8.10. The molecule has 2 heterocycles. The Bertz CT molecular complexity index is 799. The Morgan fingerprint density at radius 3 is 2.91 bits per heavy atom. The van der Waals surface area contributed by atoms with Crippen molar-refractivity contribution < 1.29 is 0 Å². The zero-order chi connectivity index (χ0) is 16.0. The van der Waals surface area contributed by atoms with Crippen molar-refractivity contribution in [3.8, 4) is 11.1 Å². The molecule has 118 valence electrons. The van der Waals surface area contributed by atoms with Gasteiger partial charge < -0.3 is 5.73 Å². The third-order valence-electron chi connectivity index (χ3n) is 5.20. The normalized spacial score (nSPS) is 26.2. The van der Waals surface area contributed by atoms with E-state index in [0.717, 1.165) is 17.3 Å². The summed E-state index contributed by atoms with van der Waals surface area (Å²) >= 11 is 1.70. The molecule has 1 aliphatic carbocycles. The number of nitrogens with two attached hydrogens (primary N) is 1. The van der Waals surface area contributed by atoms with Crippen molar-refractivity contribution in [3.05, 3.63) is 53.3 Å². The molecule has 23 heavy (non-hydrogen) atoms. The molecule has 0 saturated carbocycles. The number of aryl methyl sites for hydroxylation is 2. The fraction of sp³-hybridized carbons (Fsp3) is 0.368. The van der Waals surface area contributed by atoms with E-state index in [-0.39, 0.29) is 5.54 Å². The molecule has 1 aliphatic heterocycles. The minimum absolute atomic E-state index is 0.184. The molecular formula is C19H21N3S. The predicted octanol–water partition coefficient (Wildman–Crippen LogP) is 3.90. The Balaban J connectivity index is 1.86. The van der Waals surface area contributed by atoms with E-state index in [1.165, 1.54) is 34.2 Å². The van der Waals surface area contributed by atoms with Gasteiger partial charge in [-0.1, -0.05) is 23.9 Å². The number of hydrogen-bond acceptors (Lipinski definition) is 4. The SMILES string of the molecule is Cc1cncc(-c2ccc3c(c2)C2(C)N=C(N)SCC2CC3)c1. The Morgan fingerprint density at radius 1 is 1.22 bits per heavy atom. The second-order valence-electron chi connectivity index (χ2n) is 6.77. The van der Waals surface area contributed by atoms with Gasteiger partial charge in [0.25, 0.3) is 0 Å². The van der Waals surface area contributed by atoms with E-state index in [1.54, 1.807) is 11.8 Å². The highest BCUT2D eigenvalue weighted by Gasteiger charge is 2.42. The van der Waals surface area contributed by atoms with Crippen molar-refractivity contribution in [1.82, 2.24) is 4.98 Å². The van der Waals surface area contributed by atoms with Crippen LogP contribution < -0.4 is 5.73 Å². The summed E-state index contributed by atoms with van der Waals surface area (Å²) in [6.45, 7) is 4.33. The molecule has 2 aromatic rings. The van der Waals surface area contributed by atoms with Crippen molar-refractivity contribution >= 4 is 16.9 Å². The highest BCUT2D eigenvalue weighted by atomic mass is 32.2. The molecule has 2 aliphatic rings. The van der Waals surface area contributed by atoms with Gasteiger partial charge in [0.15, 0.2) is 5.17 Å². The van der Waals surface area contributed by atoms with E-state index in [0.29, 0.717) is 5.92 Å². The molecule has 2 unspecified atom stereocenters. The number of aliphatic imine (C=N–C) groups is 1. The number of rotatable bonds is 1. The lowest BCUT2D eigenvalue weighted by atomic mass is 9.70. The molecule has 1 aromatic carbocycles. The summed E-state index contributed by atoms with van der Waals surface area (Å²) in [6.07, 6.45) is 6.16. The van der Waals surface area contributed by atoms with E-state index >= 15 is 0 Å². The molecule has 3 nitrogen and oxygen atoms in total. The topological polar surface area (TPSA) is 51.3 Å². The average molecular weight is 323 g/mol. The number of pyridine rings is 1. The second-order valence-corrected chi connectivity index (χ2v) is 7.81. The van der Waals surface area contributed by atoms with Crippen LogP contribution in [0.2, 0.25) is 0 Å². The van der Waals surface area contributed by atoms with Gasteiger partial charge in [-0.25, -0.2) is 0 Å². The van der Waals surface area contributed by atoms with Crippen LogP contribution in [-0.2, 0) is 12.0 Å². The first kappa shape index (κ1) is 14.8. The van der Waals surface area contributed by atoms with E-state index in [4.69, 9.17) is 10.7 Å². The molecule has 1 aromatic heterocycles. The summed E-state index contributed by atoms with van der Waals surface area (Å²) in [5.74, 6) is 1.64. The fourth-order valence-corrected chi connectivity index (χ4v) is 4.95. The van der Waals surface area contributed by atoms with Gasteiger partial charge in [-0.15, -0.1) is 0 Å². The average Bonchev–Trinajstić information content (AvgIpc) is 2.54. The highest BCUT2D eigenvalue weighted by molar-refractivity contribution is 8.13. The van der Waals surface area contributed by atoms with Gasteiger partial charge in [-0.05, 0) is 67.0 Å². The summed E-state index contributed by atoms with van der Waals surface area (Å²) in [4.78, 5) is 9.20. The van der Waals surface area contributed by atoms with Crippen LogP contribution in [0, 0.1) is 12.8 Å². The van der Waals surface area contributed by atoms with Crippen LogP contribution in [0.5, 0.6) is 0 Å². The molecule has 4 heteroatoms. The van der Waals surface area contributed by atoms with Crippen molar-refractivity contribution in [2.75, 3.05) is 5.75 Å². The van der Waals surface area contributed by atoms with Gasteiger partial charge in [0.1, 0.15) is 0 Å². The quantitative estimate of drug-likeness (QED) is 0.866. The zero-order valence-corrected chi connectivity index (χ0v) is 14.4. The summed E-state index contributed by atoms with van der Waals surface area (Å²) in [5.41, 5.74) is 12.2. The number of thioether (sulfide) groups is 1. The summed E-state index contributed by atoms with van der Waals surface area (Å²) in [5, 5.41) is 0.722. The van der Waals surface area contributed by atoms with Crippen LogP contribution in [-0.4, -0.2) is 15.9 Å². The van der Waals surface area contributed by atoms with Crippen LogP contribution in [0.25, 0.3) is 11.1 Å². The molecule has 2 atom stereocenters. The van der Waals surface area contributed by atoms with Crippen molar-refractivity contribution in [3.63, 3.8) is 0 Å². The zero-order valence-electron chi connectivity index (χ0n) is 13.5. The molecular weight excluding hydrogens is 302 g/mol. The van der Waals surface area contributed by atoms with Crippen LogP contribution in [0.15, 0.2) is 41.7 Å². The Labute approximate surface area is 141 Å². The van der Waals surface area contributed by atoms with Crippen molar-refractivity contribution in [2.45, 2.75) is 32.2 Å². The molecule has 0 fully saturated rings. The largest absolute Gasteiger partial charge is 0.379 e. The Kier molecular flexibility index (Phi) is 3.45. The Morgan fingerprint density at radius 2 is 2.09 bits per heavy atom. The maximum absolute atomic E-state index is 6.06. The van der Waals surface area contributed by atoms with Gasteiger partial charge in [0.05, 0.1) is 5.54 Å². The maximum atomic E-state index is 6.06. The summed E-state index contributed by atoms with van der Waals surface area (Å²) < 4.78 is 0. The highest BCUT2D eigenvalue weighted by Crippen LogP contribution is 2.47. The molecule has 0 radical (unpaired) electrons. The monoisotopic (exact) mass is 323 g/mol. The Hall–Kier alpha value is -1.81. The minimum atomic E-state index is -0.184. The lowest BCUT2D eigenvalue weighted by molar-refractivity contribution is 0.292. The van der Waals surface area contributed by atoms with Crippen LogP contribution in [0.4, 0.5) is 0 Å². The second kappa shape index (κ2) is 5.38. The van der Waals surface area contributed by atoms with Crippen molar-refractivity contribution in [2.24, 2.45) is 16.6 Å². The smallest absolute Gasteiger partial charge is 0.154 e. The number of hydrogen-bond donors (Lipinski definition) is 1. The van der Waals surface area contributed by atoms with Crippen LogP contribution in [0.3, 0.4) is 0 Å². The number of fused-ring (bicyclic) bond motifs is 3. The maximum Gasteiger partial charge on any atom is 0.154 e. The lowest BCUT2D eigenvalue weighted by Crippen LogP contribution is -2.41. The third kappa shape index (κ3) is 2.45. The van der Waals surface area contributed by atoms with Crippen LogP contribution in [0.1, 0.15) is 30.0 Å². The lowest BCUT2D eigenvalue weighted by Gasteiger charge is -2.42. The molecule has 0 bridgehead atoms. The van der Waals surface area contributed by atoms with E-state index < -0.39 is 0 Å². The molecule has 0 amide bonds. The van der Waals surface area contributed by atoms with E-state index in [2.05, 4.69) is 43.1 Å². The summed E-state index contributed by atoms with van der Waals surface area (Å²) in [6, 6.07) is 8.97. The number of nitrogens with zero attached hydrogens (tertiary/aromatic N) is 2. The first-order valence-corrected chi connectivity index (χ1v) is 9.08. The fourth-order valence-electron chi connectivity index (χ4n) is 3.83. The van der Waals surface area contributed by atoms with Gasteiger partial charge in [0.2, 0.25) is 0 Å². The van der Waals surface area contributed by atoms with Gasteiger partial charge in [-0.3, -0.25) is 9.98 Å². The summed E-state index contributed by atoms with van der Waals surface area (Å²) in [7, 11) is 0. The molecule has 0 saturated heterocycles. The van der Waals surface area contributed by atoms with E-state index in [1.807, 2.05) is 12.4 Å². The van der Waals surface area contributed by atoms with Gasteiger partial charge in [0, 0.05) is 23.7 Å². The molecule has 4 rings (SSSR count). The number of aromatic nitrogens is 1. The minimum Gasteiger partial charge on any atom is -0.379 e. The molecule has 2 N–H and O–H groups in total. The van der Waals surface area contributed by atoms with Gasteiger partial charge in [-0.2, -0.15) is 0 Å². The first-order chi connectivity index (χ1) is 11.1.